The number of ether oxygens (including phenoxy) is 2. The summed E-state index contributed by atoms with van der Waals surface area (Å²) in [5.41, 5.74) is 2.13. The molecule has 7 heteroatoms. The summed E-state index contributed by atoms with van der Waals surface area (Å²) in [6, 6.07) is 15.2. The number of carbonyl (C=O) groups excluding carboxylic acids is 2. The average molecular weight is 479 g/mol. The Labute approximate surface area is 203 Å². The summed E-state index contributed by atoms with van der Waals surface area (Å²) in [6.07, 6.45) is 2.32. The van der Waals surface area contributed by atoms with Gasteiger partial charge in [-0.05, 0) is 72.0 Å². The number of Topliss-reactive ketones (excluding diaryl/α,β-unsaturated/α-hetero) is 2. The van der Waals surface area contributed by atoms with Crippen LogP contribution < -0.4 is 9.47 Å². The Morgan fingerprint density at radius 1 is 0.771 bits per heavy atom. The molecule has 0 heterocycles. The summed E-state index contributed by atoms with van der Waals surface area (Å²) in [5, 5.41) is 19.5. The quantitative estimate of drug-likeness (QED) is 0.228. The zero-order chi connectivity index (χ0) is 25.4. The minimum atomic E-state index is -0.413. The molecule has 0 spiro atoms. The molecule has 0 saturated carbocycles. The number of aromatic hydroxyl groups is 2. The molecule has 0 aromatic heterocycles. The van der Waals surface area contributed by atoms with Gasteiger partial charge >= 0.3 is 0 Å². The predicted molar refractivity (Wildman–Crippen MR) is 130 cm³/mol. The largest absolute Gasteiger partial charge is 0.504 e. The second-order valence-electron chi connectivity index (χ2n) is 7.97. The molecule has 0 bridgehead atoms. The van der Waals surface area contributed by atoms with Crippen LogP contribution in [0.15, 0.2) is 66.2 Å². The fourth-order valence-corrected chi connectivity index (χ4v) is 3.58. The SMILES string of the molecule is COc1cc(CCC(=O)C(=Cc2ccc(F)cc2)C(=O)CCc2ccc(O)c(OC)c2)ccc1O. The summed E-state index contributed by atoms with van der Waals surface area (Å²) < 4.78 is 23.5. The Balaban J connectivity index is 1.78. The van der Waals surface area contributed by atoms with Gasteiger partial charge in [0.15, 0.2) is 34.6 Å². The first-order valence-corrected chi connectivity index (χ1v) is 11.1. The molecular weight excluding hydrogens is 451 g/mol. The minimum absolute atomic E-state index is 0.000472. The Morgan fingerprint density at radius 3 is 1.66 bits per heavy atom. The number of ketones is 2. The van der Waals surface area contributed by atoms with E-state index in [1.54, 1.807) is 24.3 Å². The lowest BCUT2D eigenvalue weighted by atomic mass is 9.94. The van der Waals surface area contributed by atoms with E-state index in [1.807, 2.05) is 0 Å². The van der Waals surface area contributed by atoms with E-state index in [0.717, 1.165) is 11.1 Å². The number of rotatable bonds is 11. The number of allylic oxidation sites excluding steroid dienone is 1. The van der Waals surface area contributed by atoms with Gasteiger partial charge in [-0.1, -0.05) is 24.3 Å². The van der Waals surface area contributed by atoms with Crippen LogP contribution in [0.25, 0.3) is 6.08 Å². The molecule has 0 radical (unpaired) electrons. The molecule has 0 atom stereocenters. The molecule has 3 aromatic carbocycles. The smallest absolute Gasteiger partial charge is 0.166 e. The van der Waals surface area contributed by atoms with Crippen LogP contribution in [0, 0.1) is 5.82 Å². The highest BCUT2D eigenvalue weighted by molar-refractivity contribution is 6.23. The lowest BCUT2D eigenvalue weighted by molar-refractivity contribution is -0.121. The van der Waals surface area contributed by atoms with Crippen molar-refractivity contribution in [1.29, 1.82) is 0 Å². The number of halogens is 1. The Hall–Kier alpha value is -4.13. The van der Waals surface area contributed by atoms with Crippen molar-refractivity contribution in [1.82, 2.24) is 0 Å². The molecule has 0 fully saturated rings. The highest BCUT2D eigenvalue weighted by Crippen LogP contribution is 2.28. The summed E-state index contributed by atoms with van der Waals surface area (Å²) in [7, 11) is 2.88. The molecule has 35 heavy (non-hydrogen) atoms. The third-order valence-corrected chi connectivity index (χ3v) is 5.55. The van der Waals surface area contributed by atoms with Crippen molar-refractivity contribution in [3.05, 3.63) is 88.7 Å². The normalized spacial score (nSPS) is 10.5. The van der Waals surface area contributed by atoms with Crippen molar-refractivity contribution >= 4 is 17.6 Å². The van der Waals surface area contributed by atoms with E-state index in [2.05, 4.69) is 0 Å². The number of hydrogen-bond acceptors (Lipinski definition) is 6. The second-order valence-corrected chi connectivity index (χ2v) is 7.97. The number of methoxy groups -OCH3 is 2. The van der Waals surface area contributed by atoms with Gasteiger partial charge in [0.2, 0.25) is 0 Å². The van der Waals surface area contributed by atoms with Gasteiger partial charge in [-0.3, -0.25) is 9.59 Å². The van der Waals surface area contributed by atoms with Crippen molar-refractivity contribution in [2.75, 3.05) is 14.2 Å². The summed E-state index contributed by atoms with van der Waals surface area (Å²) >= 11 is 0. The van der Waals surface area contributed by atoms with Gasteiger partial charge in [-0.15, -0.1) is 0 Å². The molecule has 0 unspecified atom stereocenters. The predicted octanol–water partition coefficient (Wildman–Crippen LogP) is 5.04. The van der Waals surface area contributed by atoms with Crippen molar-refractivity contribution in [3.8, 4) is 23.0 Å². The van der Waals surface area contributed by atoms with Crippen LogP contribution in [-0.4, -0.2) is 36.0 Å². The maximum atomic E-state index is 13.3. The molecule has 0 aliphatic carbocycles. The van der Waals surface area contributed by atoms with E-state index in [1.165, 1.54) is 56.7 Å². The van der Waals surface area contributed by atoms with Crippen LogP contribution in [0.4, 0.5) is 4.39 Å². The van der Waals surface area contributed by atoms with Gasteiger partial charge in [0, 0.05) is 12.8 Å². The molecule has 3 aromatic rings. The average Bonchev–Trinajstić information content (AvgIpc) is 2.86. The maximum absolute atomic E-state index is 13.3. The van der Waals surface area contributed by atoms with E-state index < -0.39 is 5.82 Å². The number of aryl methyl sites for hydroxylation is 2. The van der Waals surface area contributed by atoms with Crippen molar-refractivity contribution in [3.63, 3.8) is 0 Å². The van der Waals surface area contributed by atoms with Crippen molar-refractivity contribution in [2.24, 2.45) is 0 Å². The first-order chi connectivity index (χ1) is 16.8. The Bertz CT molecular complexity index is 1160. The van der Waals surface area contributed by atoms with Crippen LogP contribution in [0.1, 0.15) is 29.5 Å². The van der Waals surface area contributed by atoms with Crippen LogP contribution in [0.2, 0.25) is 0 Å². The minimum Gasteiger partial charge on any atom is -0.504 e. The van der Waals surface area contributed by atoms with Gasteiger partial charge in [0.05, 0.1) is 19.8 Å². The van der Waals surface area contributed by atoms with Gasteiger partial charge in [-0.25, -0.2) is 4.39 Å². The second kappa shape index (κ2) is 11.8. The Morgan fingerprint density at radius 2 is 1.23 bits per heavy atom. The summed E-state index contributed by atoms with van der Waals surface area (Å²) in [4.78, 5) is 26.2. The van der Waals surface area contributed by atoms with Crippen molar-refractivity contribution in [2.45, 2.75) is 25.7 Å². The molecule has 2 N–H and O–H groups in total. The van der Waals surface area contributed by atoms with Crippen LogP contribution in [-0.2, 0) is 22.4 Å². The monoisotopic (exact) mass is 478 g/mol. The molecule has 182 valence electrons. The van der Waals surface area contributed by atoms with E-state index in [0.29, 0.717) is 29.9 Å². The number of phenolic OH excluding ortho intramolecular Hbond substituents is 2. The standard InChI is InChI=1S/C28H27FO6/c1-34-27-16-19(7-13-25(27)32)5-11-23(30)22(15-18-3-9-21(29)10-4-18)24(31)12-6-20-8-14-26(33)28(17-20)35-2/h3-4,7-10,13-17,32-33H,5-6,11-12H2,1-2H3. The third-order valence-electron chi connectivity index (χ3n) is 5.55. The van der Waals surface area contributed by atoms with E-state index in [-0.39, 0.29) is 41.5 Å². The molecule has 3 rings (SSSR count). The van der Waals surface area contributed by atoms with Crippen LogP contribution in [0.5, 0.6) is 23.0 Å². The van der Waals surface area contributed by atoms with Gasteiger partial charge in [0.1, 0.15) is 5.82 Å². The highest BCUT2D eigenvalue weighted by Gasteiger charge is 2.19. The number of benzene rings is 3. The molecule has 0 aliphatic rings. The first kappa shape index (κ1) is 25.5. The number of hydrogen-bond donors (Lipinski definition) is 2. The third kappa shape index (κ3) is 6.93. The summed E-state index contributed by atoms with van der Waals surface area (Å²) in [5.74, 6) is -0.482. The fraction of sp³-hybridized carbons (Fsp3) is 0.214. The lowest BCUT2D eigenvalue weighted by Gasteiger charge is -2.10. The summed E-state index contributed by atoms with van der Waals surface area (Å²) in [6.45, 7) is 0. The number of carbonyl (C=O) groups is 2. The molecule has 0 aliphatic heterocycles. The number of phenols is 2. The van der Waals surface area contributed by atoms with Gasteiger partial charge in [-0.2, -0.15) is 0 Å². The van der Waals surface area contributed by atoms with Gasteiger partial charge in [0.25, 0.3) is 0 Å². The van der Waals surface area contributed by atoms with E-state index in [9.17, 15) is 24.2 Å². The lowest BCUT2D eigenvalue weighted by Crippen LogP contribution is -2.14. The topological polar surface area (TPSA) is 93.1 Å². The Kier molecular flexibility index (Phi) is 8.62. The fourth-order valence-electron chi connectivity index (χ4n) is 3.58. The molecule has 0 saturated heterocycles. The highest BCUT2D eigenvalue weighted by atomic mass is 19.1. The molecule has 6 nitrogen and oxygen atoms in total. The van der Waals surface area contributed by atoms with Gasteiger partial charge < -0.3 is 19.7 Å². The first-order valence-electron chi connectivity index (χ1n) is 11.1. The van der Waals surface area contributed by atoms with Crippen LogP contribution in [0.3, 0.4) is 0 Å². The molecule has 0 amide bonds. The maximum Gasteiger partial charge on any atom is 0.166 e. The zero-order valence-corrected chi connectivity index (χ0v) is 19.6. The van der Waals surface area contributed by atoms with E-state index in [4.69, 9.17) is 9.47 Å². The van der Waals surface area contributed by atoms with Crippen molar-refractivity contribution < 1.29 is 33.7 Å². The van der Waals surface area contributed by atoms with Crippen LogP contribution >= 0.6 is 0 Å². The zero-order valence-electron chi connectivity index (χ0n) is 19.6. The molecular formula is C28H27FO6. The van der Waals surface area contributed by atoms with E-state index >= 15 is 0 Å².